The maximum atomic E-state index is 2.71. The van der Waals surface area contributed by atoms with Gasteiger partial charge in [-0.3, -0.25) is 0 Å². The first kappa shape index (κ1) is 38.7. The predicted octanol–water partition coefficient (Wildman–Crippen LogP) is 13.8. The number of rotatable bonds is 3. The van der Waals surface area contributed by atoms with Crippen molar-refractivity contribution in [1.82, 2.24) is 0 Å². The summed E-state index contributed by atoms with van der Waals surface area (Å²) in [5.74, 6) is 0. The van der Waals surface area contributed by atoms with Crippen LogP contribution in [0.3, 0.4) is 0 Å². The van der Waals surface area contributed by atoms with Crippen molar-refractivity contribution >= 4 is 67.9 Å². The molecule has 4 aliphatic rings. The standard InChI is InChI=1S/C55H61BN2S/c1-34-30-44-47-45(31-34)58(42-21-17-16-20-38(42)35-18-14-13-15-19-35)50-48(46-49(59-50)55(11,12)29-28-54(46,9)10)56(47)41-32-39-40(53(7,8)27-26-52(39,5)6)33-43(41)57(44)37-24-22-36(23-25-37)51(2,3)4/h13-25,30-33H,26-29H2,1-12H3. The molecule has 300 valence electrons. The Balaban J connectivity index is 1.36. The Morgan fingerprint density at radius 3 is 1.80 bits per heavy atom. The molecule has 2 aliphatic heterocycles. The molecule has 10 rings (SSSR count). The highest BCUT2D eigenvalue weighted by atomic mass is 32.1. The van der Waals surface area contributed by atoms with Crippen LogP contribution in [0, 0.1) is 6.92 Å². The van der Waals surface area contributed by atoms with Gasteiger partial charge >= 0.3 is 0 Å². The number of hydrogen-bond acceptors (Lipinski definition) is 3. The Bertz CT molecular complexity index is 2670. The van der Waals surface area contributed by atoms with Crippen LogP contribution < -0.4 is 26.2 Å². The van der Waals surface area contributed by atoms with E-state index in [0.29, 0.717) is 0 Å². The maximum Gasteiger partial charge on any atom is 0.253 e. The van der Waals surface area contributed by atoms with Crippen molar-refractivity contribution in [3.63, 3.8) is 0 Å². The summed E-state index contributed by atoms with van der Waals surface area (Å²) < 4.78 is 0. The first-order valence-corrected chi connectivity index (χ1v) is 23.0. The highest BCUT2D eigenvalue weighted by molar-refractivity contribution is 7.20. The largest absolute Gasteiger partial charge is 0.311 e. The second-order valence-corrected chi connectivity index (χ2v) is 23.0. The van der Waals surface area contributed by atoms with Crippen LogP contribution in [-0.2, 0) is 27.1 Å². The second-order valence-electron chi connectivity index (χ2n) is 22.0. The molecule has 6 aromatic rings. The first-order valence-electron chi connectivity index (χ1n) is 22.1. The van der Waals surface area contributed by atoms with Gasteiger partial charge in [-0.1, -0.05) is 143 Å². The number of fused-ring (bicyclic) bond motifs is 7. The zero-order valence-corrected chi connectivity index (χ0v) is 38.3. The van der Waals surface area contributed by atoms with Crippen LogP contribution in [0.15, 0.2) is 103 Å². The van der Waals surface area contributed by atoms with Crippen LogP contribution in [0.2, 0.25) is 0 Å². The Kier molecular flexibility index (Phi) is 8.35. The predicted molar refractivity (Wildman–Crippen MR) is 258 cm³/mol. The molecule has 0 bridgehead atoms. The number of aryl methyl sites for hydroxylation is 1. The Morgan fingerprint density at radius 2 is 1.14 bits per heavy atom. The Morgan fingerprint density at radius 1 is 0.559 bits per heavy atom. The van der Waals surface area contributed by atoms with Gasteiger partial charge in [0.25, 0.3) is 6.71 Å². The van der Waals surface area contributed by atoms with Crippen LogP contribution in [0.1, 0.15) is 135 Å². The number of para-hydroxylation sites is 1. The minimum absolute atomic E-state index is 0.0392. The zero-order valence-electron chi connectivity index (χ0n) is 37.5. The third kappa shape index (κ3) is 5.78. The topological polar surface area (TPSA) is 6.48 Å². The summed E-state index contributed by atoms with van der Waals surface area (Å²) in [5.41, 5.74) is 21.1. The van der Waals surface area contributed by atoms with Gasteiger partial charge in [0.1, 0.15) is 0 Å². The monoisotopic (exact) mass is 792 g/mol. The van der Waals surface area contributed by atoms with Gasteiger partial charge in [-0.05, 0) is 146 Å². The van der Waals surface area contributed by atoms with E-state index in [9.17, 15) is 0 Å². The van der Waals surface area contributed by atoms with E-state index in [0.717, 1.165) is 0 Å². The molecule has 0 unspecified atom stereocenters. The average Bonchev–Trinajstić information content (AvgIpc) is 3.61. The molecule has 3 heterocycles. The van der Waals surface area contributed by atoms with Crippen molar-refractivity contribution in [3.05, 3.63) is 136 Å². The molecule has 0 spiro atoms. The molecule has 0 fully saturated rings. The third-order valence-electron chi connectivity index (χ3n) is 14.9. The van der Waals surface area contributed by atoms with E-state index >= 15 is 0 Å². The van der Waals surface area contributed by atoms with Crippen molar-refractivity contribution in [1.29, 1.82) is 0 Å². The summed E-state index contributed by atoms with van der Waals surface area (Å²) in [5, 5.41) is 1.40. The van der Waals surface area contributed by atoms with Crippen molar-refractivity contribution in [3.8, 4) is 11.1 Å². The lowest BCUT2D eigenvalue weighted by atomic mass is 9.32. The van der Waals surface area contributed by atoms with E-state index in [2.05, 4.69) is 207 Å². The molecule has 0 radical (unpaired) electrons. The maximum absolute atomic E-state index is 2.71. The summed E-state index contributed by atoms with van der Waals surface area (Å²) >= 11 is 2.09. The molecule has 5 aromatic carbocycles. The fourth-order valence-electron chi connectivity index (χ4n) is 11.2. The van der Waals surface area contributed by atoms with Crippen molar-refractivity contribution < 1.29 is 0 Å². The molecule has 0 atom stereocenters. The number of thiophene rings is 1. The molecule has 0 amide bonds. The fourth-order valence-corrected chi connectivity index (χ4v) is 12.9. The highest BCUT2D eigenvalue weighted by Crippen LogP contribution is 2.56. The minimum Gasteiger partial charge on any atom is -0.311 e. The molecule has 4 heteroatoms. The number of anilines is 6. The van der Waals surface area contributed by atoms with Crippen LogP contribution >= 0.6 is 11.3 Å². The average molecular weight is 793 g/mol. The molecule has 2 aliphatic carbocycles. The summed E-state index contributed by atoms with van der Waals surface area (Å²) in [6.45, 7) is 29.4. The van der Waals surface area contributed by atoms with Gasteiger partial charge in [0.05, 0.1) is 10.7 Å². The quantitative estimate of drug-likeness (QED) is 0.164. The van der Waals surface area contributed by atoms with Gasteiger partial charge in [0.2, 0.25) is 0 Å². The van der Waals surface area contributed by atoms with Crippen LogP contribution in [0.25, 0.3) is 11.1 Å². The summed E-state index contributed by atoms with van der Waals surface area (Å²) in [7, 11) is 0. The van der Waals surface area contributed by atoms with Gasteiger partial charge in [-0.15, -0.1) is 11.3 Å². The van der Waals surface area contributed by atoms with E-state index in [1.54, 1.807) is 15.9 Å². The van der Waals surface area contributed by atoms with Gasteiger partial charge in [-0.2, -0.15) is 0 Å². The molecule has 0 saturated heterocycles. The van der Waals surface area contributed by atoms with Crippen molar-refractivity contribution in [2.75, 3.05) is 9.80 Å². The van der Waals surface area contributed by atoms with E-state index in [1.807, 2.05) is 0 Å². The summed E-state index contributed by atoms with van der Waals surface area (Å²) in [6, 6.07) is 40.1. The molecule has 2 nitrogen and oxygen atoms in total. The van der Waals surface area contributed by atoms with Gasteiger partial charge < -0.3 is 9.80 Å². The number of hydrogen-bond donors (Lipinski definition) is 0. The summed E-state index contributed by atoms with van der Waals surface area (Å²) in [4.78, 5) is 6.93. The third-order valence-corrected chi connectivity index (χ3v) is 16.5. The van der Waals surface area contributed by atoms with Gasteiger partial charge in [-0.25, -0.2) is 0 Å². The van der Waals surface area contributed by atoms with Crippen LogP contribution in [0.5, 0.6) is 0 Å². The Labute approximate surface area is 358 Å². The van der Waals surface area contributed by atoms with Gasteiger partial charge in [0.15, 0.2) is 0 Å². The van der Waals surface area contributed by atoms with Crippen LogP contribution in [0.4, 0.5) is 33.4 Å². The lowest BCUT2D eigenvalue weighted by Gasteiger charge is -2.48. The Hall–Kier alpha value is -4.54. The van der Waals surface area contributed by atoms with Crippen LogP contribution in [-0.4, -0.2) is 6.71 Å². The molecular weight excluding hydrogens is 731 g/mol. The van der Waals surface area contributed by atoms with E-state index in [-0.39, 0.29) is 33.8 Å². The first-order chi connectivity index (χ1) is 27.8. The fraction of sp³-hybridized carbons (Fsp3) is 0.382. The van der Waals surface area contributed by atoms with E-state index in [4.69, 9.17) is 0 Å². The van der Waals surface area contributed by atoms with E-state index < -0.39 is 0 Å². The lowest BCUT2D eigenvalue weighted by molar-refractivity contribution is 0.332. The number of nitrogens with zero attached hydrogens (tertiary/aromatic N) is 2. The highest BCUT2D eigenvalue weighted by Gasteiger charge is 2.52. The second kappa shape index (κ2) is 12.7. The normalized spacial score (nSPS) is 19.0. The molecular formula is C55H61BN2S. The SMILES string of the molecule is Cc1cc2c3c(c1)N(c1ccccc1-c1ccccc1)c1sc4c(c1B3c1cc3c(cc1N2c1ccc(C(C)(C)C)cc1)C(C)(C)CCC3(C)C)C(C)(C)CCC4(C)C. The smallest absolute Gasteiger partial charge is 0.253 e. The van der Waals surface area contributed by atoms with Crippen molar-refractivity contribution in [2.24, 2.45) is 0 Å². The lowest BCUT2D eigenvalue weighted by Crippen LogP contribution is -2.63. The molecule has 59 heavy (non-hydrogen) atoms. The zero-order chi connectivity index (χ0) is 41.6. The van der Waals surface area contributed by atoms with E-state index in [1.165, 1.54) is 103 Å². The van der Waals surface area contributed by atoms with Crippen molar-refractivity contribution in [2.45, 2.75) is 136 Å². The number of benzene rings is 5. The molecule has 0 N–H and O–H groups in total. The molecule has 0 saturated carbocycles. The van der Waals surface area contributed by atoms with Gasteiger partial charge in [0, 0.05) is 33.2 Å². The molecule has 1 aromatic heterocycles. The minimum atomic E-state index is 0.0392. The summed E-state index contributed by atoms with van der Waals surface area (Å²) in [6.07, 6.45) is 4.76.